The van der Waals surface area contributed by atoms with Crippen LogP contribution in [-0.2, 0) is 14.4 Å². The van der Waals surface area contributed by atoms with Crippen molar-refractivity contribution in [1.29, 1.82) is 0 Å². The topological polar surface area (TPSA) is 101 Å². The Balaban J connectivity index is 1.99. The lowest BCUT2D eigenvalue weighted by molar-refractivity contribution is -0.140. The number of hydrogen-bond acceptors (Lipinski definition) is 4. The van der Waals surface area contributed by atoms with Gasteiger partial charge in [-0.1, -0.05) is 6.42 Å². The number of nitrogens with one attached hydrogen (secondary N) is 2. The molecule has 0 aromatic carbocycles. The van der Waals surface area contributed by atoms with E-state index in [-0.39, 0.29) is 24.3 Å². The minimum absolute atomic E-state index is 0.161. The lowest BCUT2D eigenvalue weighted by Crippen LogP contribution is -2.57. The Morgan fingerprint density at radius 2 is 2.17 bits per heavy atom. The van der Waals surface area contributed by atoms with Crippen LogP contribution in [0, 0.1) is 5.41 Å². The summed E-state index contributed by atoms with van der Waals surface area (Å²) in [5, 5.41) is 4.94. The maximum absolute atomic E-state index is 12.2. The molecule has 18 heavy (non-hydrogen) atoms. The molecule has 3 amide bonds. The first kappa shape index (κ1) is 13.0. The molecule has 1 saturated carbocycles. The molecule has 0 spiro atoms. The fourth-order valence-electron chi connectivity index (χ4n) is 2.63. The molecule has 1 saturated heterocycles. The van der Waals surface area contributed by atoms with Crippen LogP contribution in [-0.4, -0.2) is 29.8 Å². The predicted octanol–water partition coefficient (Wildman–Crippen LogP) is -0.575. The van der Waals surface area contributed by atoms with Gasteiger partial charge in [0.05, 0.1) is 5.41 Å². The number of hydrogen-bond donors (Lipinski definition) is 3. The van der Waals surface area contributed by atoms with Crippen LogP contribution in [0.4, 0.5) is 0 Å². The molecule has 1 aliphatic carbocycles. The third-order valence-corrected chi connectivity index (χ3v) is 4.09. The highest BCUT2D eigenvalue weighted by Crippen LogP contribution is 2.37. The first-order chi connectivity index (χ1) is 8.43. The number of nitrogens with two attached hydrogens (primary N) is 1. The minimum atomic E-state index is -0.611. The van der Waals surface area contributed by atoms with Gasteiger partial charge in [0.25, 0.3) is 0 Å². The van der Waals surface area contributed by atoms with E-state index in [4.69, 9.17) is 5.73 Å². The van der Waals surface area contributed by atoms with Crippen molar-refractivity contribution in [2.75, 3.05) is 0 Å². The second-order valence-electron chi connectivity index (χ2n) is 5.39. The highest BCUT2D eigenvalue weighted by atomic mass is 16.2. The van der Waals surface area contributed by atoms with Gasteiger partial charge in [0.15, 0.2) is 0 Å². The van der Waals surface area contributed by atoms with E-state index < -0.39 is 17.4 Å². The quantitative estimate of drug-likeness (QED) is 0.573. The molecular weight excluding hydrogens is 234 g/mol. The Morgan fingerprint density at radius 3 is 2.72 bits per heavy atom. The molecule has 1 aliphatic heterocycles. The summed E-state index contributed by atoms with van der Waals surface area (Å²) in [6, 6.07) is -0.773. The molecule has 0 aromatic heterocycles. The lowest BCUT2D eigenvalue weighted by Gasteiger charge is -2.30. The molecular formula is C12H19N3O3. The molecule has 6 heteroatoms. The van der Waals surface area contributed by atoms with Crippen LogP contribution in [0.15, 0.2) is 0 Å². The Labute approximate surface area is 106 Å². The van der Waals surface area contributed by atoms with Gasteiger partial charge in [0, 0.05) is 12.5 Å². The summed E-state index contributed by atoms with van der Waals surface area (Å²) in [5.74, 6) is -0.883. The van der Waals surface area contributed by atoms with Gasteiger partial charge < -0.3 is 11.1 Å². The van der Waals surface area contributed by atoms with Gasteiger partial charge in [-0.15, -0.1) is 0 Å². The van der Waals surface area contributed by atoms with Crippen molar-refractivity contribution >= 4 is 17.7 Å². The van der Waals surface area contributed by atoms with E-state index in [1.807, 2.05) is 6.92 Å². The molecule has 2 aliphatic rings. The fraction of sp³-hybridized carbons (Fsp3) is 0.750. The normalized spacial score (nSPS) is 36.3. The van der Waals surface area contributed by atoms with Crippen molar-refractivity contribution in [3.8, 4) is 0 Å². The first-order valence-corrected chi connectivity index (χ1v) is 6.34. The van der Waals surface area contributed by atoms with Crippen LogP contribution in [0.1, 0.15) is 39.0 Å². The van der Waals surface area contributed by atoms with Gasteiger partial charge in [0.2, 0.25) is 17.7 Å². The molecule has 4 N–H and O–H groups in total. The average Bonchev–Trinajstić information content (AvgIpc) is 2.64. The molecule has 0 radical (unpaired) electrons. The number of amides is 3. The third-order valence-electron chi connectivity index (χ3n) is 4.09. The average molecular weight is 253 g/mol. The molecule has 2 fully saturated rings. The largest absolute Gasteiger partial charge is 0.344 e. The van der Waals surface area contributed by atoms with Gasteiger partial charge >= 0.3 is 0 Å². The highest BCUT2D eigenvalue weighted by molar-refractivity contribution is 6.02. The summed E-state index contributed by atoms with van der Waals surface area (Å²) in [6.07, 6.45) is 3.13. The van der Waals surface area contributed by atoms with Crippen LogP contribution in [0.2, 0.25) is 0 Å². The van der Waals surface area contributed by atoms with Crippen LogP contribution in [0.3, 0.4) is 0 Å². The van der Waals surface area contributed by atoms with Crippen molar-refractivity contribution in [3.63, 3.8) is 0 Å². The maximum Gasteiger partial charge on any atom is 0.249 e. The number of carbonyl (C=O) groups excluding carboxylic acids is 3. The molecule has 100 valence electrons. The van der Waals surface area contributed by atoms with Crippen LogP contribution in [0.5, 0.6) is 0 Å². The zero-order chi connectivity index (χ0) is 13.3. The molecule has 1 heterocycles. The molecule has 0 aromatic rings. The van der Waals surface area contributed by atoms with E-state index in [0.717, 1.165) is 19.3 Å². The number of rotatable bonds is 2. The molecule has 6 nitrogen and oxygen atoms in total. The van der Waals surface area contributed by atoms with Gasteiger partial charge in [0.1, 0.15) is 6.04 Å². The first-order valence-electron chi connectivity index (χ1n) is 6.34. The second-order valence-corrected chi connectivity index (χ2v) is 5.39. The van der Waals surface area contributed by atoms with Crippen molar-refractivity contribution in [3.05, 3.63) is 0 Å². The van der Waals surface area contributed by atoms with Crippen LogP contribution in [0.25, 0.3) is 0 Å². The maximum atomic E-state index is 12.2. The van der Waals surface area contributed by atoms with E-state index in [2.05, 4.69) is 10.6 Å². The standard InChI is InChI=1S/C12H19N3O3/c1-12(6-2-3-8(12)13)11(18)14-7-4-5-9(16)15-10(7)17/h7-8H,2-6,13H2,1H3,(H,14,18)(H,15,16,17). The summed E-state index contributed by atoms with van der Waals surface area (Å²) in [6.45, 7) is 1.84. The molecule has 0 bridgehead atoms. The number of piperidine rings is 1. The Morgan fingerprint density at radius 1 is 1.44 bits per heavy atom. The van der Waals surface area contributed by atoms with Crippen molar-refractivity contribution in [2.45, 2.75) is 51.1 Å². The van der Waals surface area contributed by atoms with Crippen molar-refractivity contribution in [2.24, 2.45) is 11.1 Å². The summed E-state index contributed by atoms with van der Waals surface area (Å²) < 4.78 is 0. The van der Waals surface area contributed by atoms with Gasteiger partial charge in [-0.25, -0.2) is 0 Å². The summed E-state index contributed by atoms with van der Waals surface area (Å²) >= 11 is 0. The van der Waals surface area contributed by atoms with E-state index >= 15 is 0 Å². The van der Waals surface area contributed by atoms with E-state index in [9.17, 15) is 14.4 Å². The Hall–Kier alpha value is -1.43. The molecule has 2 rings (SSSR count). The van der Waals surface area contributed by atoms with Gasteiger partial charge in [-0.3, -0.25) is 19.7 Å². The van der Waals surface area contributed by atoms with E-state index in [1.165, 1.54) is 0 Å². The Bertz CT molecular complexity index is 396. The van der Waals surface area contributed by atoms with Crippen molar-refractivity contribution in [1.82, 2.24) is 10.6 Å². The SMILES string of the molecule is CC1(C(=O)NC2CCC(=O)NC2=O)CCCC1N. The van der Waals surface area contributed by atoms with Crippen LogP contribution >= 0.6 is 0 Å². The van der Waals surface area contributed by atoms with Gasteiger partial charge in [-0.2, -0.15) is 0 Å². The van der Waals surface area contributed by atoms with E-state index in [0.29, 0.717) is 6.42 Å². The third kappa shape index (κ3) is 2.25. The van der Waals surface area contributed by atoms with Gasteiger partial charge in [-0.05, 0) is 26.2 Å². The van der Waals surface area contributed by atoms with Crippen molar-refractivity contribution < 1.29 is 14.4 Å². The van der Waals surface area contributed by atoms with Crippen LogP contribution < -0.4 is 16.4 Å². The monoisotopic (exact) mass is 253 g/mol. The lowest BCUT2D eigenvalue weighted by atomic mass is 9.83. The molecule has 3 atom stereocenters. The minimum Gasteiger partial charge on any atom is -0.344 e. The number of imide groups is 1. The summed E-state index contributed by atoms with van der Waals surface area (Å²) in [7, 11) is 0. The second kappa shape index (κ2) is 4.68. The zero-order valence-electron chi connectivity index (χ0n) is 10.5. The Kier molecular flexibility index (Phi) is 3.38. The fourth-order valence-corrected chi connectivity index (χ4v) is 2.63. The summed E-state index contributed by atoms with van der Waals surface area (Å²) in [5.41, 5.74) is 5.36. The molecule has 3 unspecified atom stereocenters. The highest BCUT2D eigenvalue weighted by Gasteiger charge is 2.44. The van der Waals surface area contributed by atoms with E-state index in [1.54, 1.807) is 0 Å². The zero-order valence-corrected chi connectivity index (χ0v) is 10.5. The predicted molar refractivity (Wildman–Crippen MR) is 64.2 cm³/mol. The smallest absolute Gasteiger partial charge is 0.249 e. The number of carbonyl (C=O) groups is 3. The summed E-state index contributed by atoms with van der Waals surface area (Å²) in [4.78, 5) is 34.8.